The van der Waals surface area contributed by atoms with Gasteiger partial charge in [0.1, 0.15) is 0 Å². The molecule has 0 radical (unpaired) electrons. The largest absolute Gasteiger partial charge is 0.368 e. The van der Waals surface area contributed by atoms with Crippen LogP contribution < -0.4 is 9.21 Å². The third kappa shape index (κ3) is 4.72. The Morgan fingerprint density at radius 3 is 2.03 bits per heavy atom. The number of hydrogen-bond donors (Lipinski definition) is 0. The molecule has 3 aromatic rings. The minimum atomic E-state index is -3.75. The summed E-state index contributed by atoms with van der Waals surface area (Å²) < 4.78 is 27.1. The third-order valence-corrected chi connectivity index (χ3v) is 7.67. The summed E-state index contributed by atoms with van der Waals surface area (Å²) in [5.41, 5.74) is 1.88. The monoisotopic (exact) mass is 480 g/mol. The first-order valence-corrected chi connectivity index (χ1v) is 12.1. The normalized spacial score (nSPS) is 14.0. The number of carbonyl (C=O) groups excluding carboxylic acids is 1. The van der Waals surface area contributed by atoms with Crippen LogP contribution in [0.25, 0.3) is 0 Å². The van der Waals surface area contributed by atoms with E-state index in [1.54, 1.807) is 41.3 Å². The van der Waals surface area contributed by atoms with Crippen LogP contribution in [0.5, 0.6) is 0 Å². The molecular formula is C24H24N4O5S. The van der Waals surface area contributed by atoms with E-state index in [9.17, 15) is 23.3 Å². The fraction of sp³-hybridized carbons (Fsp3) is 0.208. The highest BCUT2D eigenvalue weighted by Crippen LogP contribution is 2.23. The minimum absolute atomic E-state index is 0.0398. The summed E-state index contributed by atoms with van der Waals surface area (Å²) in [6.45, 7) is 2.18. The molecule has 34 heavy (non-hydrogen) atoms. The van der Waals surface area contributed by atoms with Crippen molar-refractivity contribution in [3.05, 3.63) is 94.5 Å². The second-order valence-corrected chi connectivity index (χ2v) is 9.85. The summed E-state index contributed by atoms with van der Waals surface area (Å²) in [6, 6.07) is 21.1. The van der Waals surface area contributed by atoms with Gasteiger partial charge in [-0.2, -0.15) is 0 Å². The van der Waals surface area contributed by atoms with Crippen molar-refractivity contribution in [3.8, 4) is 0 Å². The van der Waals surface area contributed by atoms with Crippen molar-refractivity contribution in [1.82, 2.24) is 4.90 Å². The van der Waals surface area contributed by atoms with Crippen molar-refractivity contribution in [2.45, 2.75) is 4.90 Å². The Labute approximate surface area is 198 Å². The third-order valence-electron chi connectivity index (χ3n) is 5.87. The van der Waals surface area contributed by atoms with Crippen molar-refractivity contribution in [3.63, 3.8) is 0 Å². The molecule has 176 valence electrons. The van der Waals surface area contributed by atoms with Gasteiger partial charge in [-0.25, -0.2) is 8.42 Å². The number of carbonyl (C=O) groups is 1. The average Bonchev–Trinajstić information content (AvgIpc) is 2.88. The van der Waals surface area contributed by atoms with E-state index >= 15 is 0 Å². The molecule has 0 N–H and O–H groups in total. The van der Waals surface area contributed by atoms with Crippen molar-refractivity contribution in [2.24, 2.45) is 0 Å². The van der Waals surface area contributed by atoms with Crippen LogP contribution in [0, 0.1) is 10.1 Å². The van der Waals surface area contributed by atoms with E-state index in [2.05, 4.69) is 4.90 Å². The Kier molecular flexibility index (Phi) is 6.51. The number of piperazine rings is 1. The predicted octanol–water partition coefficient (Wildman–Crippen LogP) is 3.38. The maximum Gasteiger partial charge on any atom is 0.269 e. The van der Waals surface area contributed by atoms with Crippen molar-refractivity contribution in [1.29, 1.82) is 0 Å². The first-order valence-electron chi connectivity index (χ1n) is 10.7. The number of sulfonamides is 1. The number of anilines is 2. The van der Waals surface area contributed by atoms with Gasteiger partial charge < -0.3 is 9.80 Å². The Bertz CT molecular complexity index is 1270. The molecule has 0 bridgehead atoms. The summed E-state index contributed by atoms with van der Waals surface area (Å²) in [5, 5.41) is 10.8. The fourth-order valence-corrected chi connectivity index (χ4v) is 5.04. The second kappa shape index (κ2) is 9.52. The average molecular weight is 481 g/mol. The number of amides is 1. The van der Waals surface area contributed by atoms with Gasteiger partial charge in [0.05, 0.1) is 15.5 Å². The topological polar surface area (TPSA) is 104 Å². The van der Waals surface area contributed by atoms with Gasteiger partial charge in [-0.05, 0) is 48.5 Å². The zero-order valence-electron chi connectivity index (χ0n) is 18.6. The highest BCUT2D eigenvalue weighted by Gasteiger charge is 2.25. The molecule has 1 heterocycles. The van der Waals surface area contributed by atoms with Gasteiger partial charge in [0, 0.05) is 56.6 Å². The number of non-ortho nitro benzene ring substituents is 1. The predicted molar refractivity (Wildman–Crippen MR) is 130 cm³/mol. The van der Waals surface area contributed by atoms with Crippen LogP contribution in [-0.2, 0) is 10.0 Å². The summed E-state index contributed by atoms with van der Waals surface area (Å²) in [6.07, 6.45) is 0. The highest BCUT2D eigenvalue weighted by atomic mass is 32.2. The molecule has 0 unspecified atom stereocenters. The molecule has 1 aliphatic heterocycles. The molecule has 0 aliphatic carbocycles. The molecule has 1 fully saturated rings. The number of rotatable bonds is 6. The van der Waals surface area contributed by atoms with Crippen LogP contribution in [0.15, 0.2) is 83.8 Å². The number of nitro benzene ring substituents is 1. The zero-order valence-corrected chi connectivity index (χ0v) is 19.4. The van der Waals surface area contributed by atoms with Gasteiger partial charge in [0.15, 0.2) is 0 Å². The number of nitrogens with zero attached hydrogens (tertiary/aromatic N) is 4. The van der Waals surface area contributed by atoms with E-state index in [0.717, 1.165) is 5.69 Å². The lowest BCUT2D eigenvalue weighted by atomic mass is 10.1. The van der Waals surface area contributed by atoms with E-state index in [4.69, 9.17) is 0 Å². The molecule has 1 amide bonds. The van der Waals surface area contributed by atoms with Crippen LogP contribution in [-0.4, -0.2) is 57.4 Å². The number of para-hydroxylation sites is 1. The second-order valence-electron chi connectivity index (χ2n) is 7.89. The summed E-state index contributed by atoms with van der Waals surface area (Å²) in [4.78, 5) is 27.3. The standard InChI is InChI=1S/C24H24N4O5S/c1-25(20-5-3-2-4-6-20)34(32,33)23-13-7-19(8-14-23)24(29)27-17-15-26(16-18-27)21-9-11-22(12-10-21)28(30)31/h2-14H,15-18H2,1H3. The Hall–Kier alpha value is -3.92. The first-order chi connectivity index (χ1) is 16.3. The molecule has 10 heteroatoms. The molecule has 0 atom stereocenters. The van der Waals surface area contributed by atoms with Gasteiger partial charge in [0.2, 0.25) is 0 Å². The zero-order chi connectivity index (χ0) is 24.3. The van der Waals surface area contributed by atoms with Gasteiger partial charge >= 0.3 is 0 Å². The van der Waals surface area contributed by atoms with Gasteiger partial charge in [0.25, 0.3) is 21.6 Å². The number of nitro groups is 1. The molecule has 0 saturated carbocycles. The molecule has 1 aliphatic rings. The van der Waals surface area contributed by atoms with E-state index in [1.807, 2.05) is 6.07 Å². The molecule has 9 nitrogen and oxygen atoms in total. The molecule has 4 rings (SSSR count). The van der Waals surface area contributed by atoms with E-state index in [-0.39, 0.29) is 16.5 Å². The fourth-order valence-electron chi connectivity index (χ4n) is 3.84. The van der Waals surface area contributed by atoms with Crippen molar-refractivity contribution in [2.75, 3.05) is 42.4 Å². The minimum Gasteiger partial charge on any atom is -0.368 e. The maximum absolute atomic E-state index is 13.0. The summed E-state index contributed by atoms with van der Waals surface area (Å²) in [7, 11) is -2.25. The molecule has 0 spiro atoms. The lowest BCUT2D eigenvalue weighted by Crippen LogP contribution is -2.48. The SMILES string of the molecule is CN(c1ccccc1)S(=O)(=O)c1ccc(C(=O)N2CCN(c3ccc([N+](=O)[O-])cc3)CC2)cc1. The van der Waals surface area contributed by atoms with Crippen LogP contribution >= 0.6 is 0 Å². The van der Waals surface area contributed by atoms with Crippen LogP contribution in [0.4, 0.5) is 17.1 Å². The van der Waals surface area contributed by atoms with E-state index < -0.39 is 14.9 Å². The quantitative estimate of drug-likeness (QED) is 0.396. The Morgan fingerprint density at radius 1 is 0.882 bits per heavy atom. The van der Waals surface area contributed by atoms with Crippen molar-refractivity contribution < 1.29 is 18.1 Å². The summed E-state index contributed by atoms with van der Waals surface area (Å²) in [5.74, 6) is -0.163. The smallest absolute Gasteiger partial charge is 0.269 e. The lowest BCUT2D eigenvalue weighted by Gasteiger charge is -2.36. The summed E-state index contributed by atoms with van der Waals surface area (Å²) >= 11 is 0. The van der Waals surface area contributed by atoms with Crippen molar-refractivity contribution >= 4 is 33.0 Å². The van der Waals surface area contributed by atoms with E-state index in [1.165, 1.54) is 47.8 Å². The van der Waals surface area contributed by atoms with Gasteiger partial charge in [-0.1, -0.05) is 18.2 Å². The Morgan fingerprint density at radius 2 is 1.47 bits per heavy atom. The maximum atomic E-state index is 13.0. The van der Waals surface area contributed by atoms with Gasteiger partial charge in [-0.3, -0.25) is 19.2 Å². The lowest BCUT2D eigenvalue weighted by molar-refractivity contribution is -0.384. The number of hydrogen-bond acceptors (Lipinski definition) is 6. The molecule has 1 saturated heterocycles. The first kappa shape index (κ1) is 23.2. The number of benzene rings is 3. The molecule has 3 aromatic carbocycles. The molecular weight excluding hydrogens is 456 g/mol. The molecule has 0 aromatic heterocycles. The highest BCUT2D eigenvalue weighted by molar-refractivity contribution is 7.92. The van der Waals surface area contributed by atoms with Gasteiger partial charge in [-0.15, -0.1) is 0 Å². The van der Waals surface area contributed by atoms with Crippen LogP contribution in [0.3, 0.4) is 0 Å². The van der Waals surface area contributed by atoms with E-state index in [0.29, 0.717) is 37.4 Å². The Balaban J connectivity index is 1.40. The van der Waals surface area contributed by atoms with Crippen LogP contribution in [0.1, 0.15) is 10.4 Å². The van der Waals surface area contributed by atoms with Crippen LogP contribution in [0.2, 0.25) is 0 Å².